The van der Waals surface area contributed by atoms with Crippen molar-refractivity contribution in [2.75, 3.05) is 11.1 Å². The molecule has 0 fully saturated rings. The lowest BCUT2D eigenvalue weighted by molar-refractivity contribution is -0.113. The molecule has 0 saturated carbocycles. The Balaban J connectivity index is 1.49. The monoisotopic (exact) mass is 585 g/mol. The zero-order valence-electron chi connectivity index (χ0n) is 20.5. The number of phenols is 1. The highest BCUT2D eigenvalue weighted by molar-refractivity contribution is 9.10. The molecule has 0 spiro atoms. The van der Waals surface area contributed by atoms with Gasteiger partial charge in [-0.15, -0.1) is 28.1 Å². The lowest BCUT2D eigenvalue weighted by atomic mass is 9.72. The Hall–Kier alpha value is -2.61. The molecule has 2 N–H and O–H groups in total. The third-order valence-corrected chi connectivity index (χ3v) is 9.04. The van der Waals surface area contributed by atoms with Crippen LogP contribution in [0, 0.1) is 22.7 Å². The number of thioether (sulfide) groups is 1. The lowest BCUT2D eigenvalue weighted by Gasteiger charge is -2.33. The zero-order chi connectivity index (χ0) is 26.0. The molecule has 2 heterocycles. The number of hydrogen-bond donors (Lipinski definition) is 2. The summed E-state index contributed by atoms with van der Waals surface area (Å²) < 4.78 is 2.61. The first-order valence-electron chi connectivity index (χ1n) is 11.6. The molecule has 4 rings (SSSR count). The van der Waals surface area contributed by atoms with Crippen molar-refractivity contribution in [1.82, 2.24) is 14.8 Å². The minimum absolute atomic E-state index is 0.0876. The fourth-order valence-corrected chi connectivity index (χ4v) is 6.80. The Kier molecular flexibility index (Phi) is 7.93. The van der Waals surface area contributed by atoms with Crippen molar-refractivity contribution in [2.24, 2.45) is 11.3 Å². The number of nitrogens with one attached hydrogen (secondary N) is 1. The van der Waals surface area contributed by atoms with Crippen LogP contribution in [0.25, 0.3) is 11.4 Å². The van der Waals surface area contributed by atoms with E-state index in [2.05, 4.69) is 64.9 Å². The van der Waals surface area contributed by atoms with Crippen LogP contribution in [0.3, 0.4) is 0 Å². The maximum Gasteiger partial charge on any atom is 0.235 e. The number of halogens is 1. The summed E-state index contributed by atoms with van der Waals surface area (Å²) in [4.78, 5) is 14.1. The Labute approximate surface area is 227 Å². The topological polar surface area (TPSA) is 104 Å². The number of carbonyl (C=O) groups excluding carboxylic acids is 1. The summed E-state index contributed by atoms with van der Waals surface area (Å²) in [7, 11) is 0. The first-order valence-corrected chi connectivity index (χ1v) is 14.2. The fourth-order valence-electron chi connectivity index (χ4n) is 4.40. The molecule has 0 unspecified atom stereocenters. The molecule has 0 saturated heterocycles. The second-order valence-corrected chi connectivity index (χ2v) is 12.8. The van der Waals surface area contributed by atoms with Crippen LogP contribution >= 0.6 is 39.0 Å². The van der Waals surface area contributed by atoms with Gasteiger partial charge >= 0.3 is 0 Å². The Morgan fingerprint density at radius 3 is 2.92 bits per heavy atom. The summed E-state index contributed by atoms with van der Waals surface area (Å²) >= 11 is 6.20. The molecule has 0 radical (unpaired) electrons. The number of benzene rings is 1. The van der Waals surface area contributed by atoms with Crippen molar-refractivity contribution >= 4 is 49.9 Å². The molecule has 10 heteroatoms. The van der Waals surface area contributed by atoms with E-state index >= 15 is 0 Å². The number of nitriles is 1. The number of allylic oxidation sites excluding steroid dienone is 1. The molecule has 1 atom stereocenters. The van der Waals surface area contributed by atoms with Crippen LogP contribution in [0.15, 0.2) is 40.5 Å². The Morgan fingerprint density at radius 1 is 1.44 bits per heavy atom. The predicted octanol–water partition coefficient (Wildman–Crippen LogP) is 6.41. The van der Waals surface area contributed by atoms with Crippen molar-refractivity contribution in [3.63, 3.8) is 0 Å². The molecule has 2 aromatic heterocycles. The highest BCUT2D eigenvalue weighted by Gasteiger charge is 2.32. The number of anilines is 1. The van der Waals surface area contributed by atoms with Gasteiger partial charge in [0.25, 0.3) is 0 Å². The molecule has 1 aliphatic rings. The van der Waals surface area contributed by atoms with Crippen molar-refractivity contribution in [2.45, 2.75) is 51.7 Å². The largest absolute Gasteiger partial charge is 0.507 e. The minimum Gasteiger partial charge on any atom is -0.507 e. The molecule has 1 aliphatic carbocycles. The van der Waals surface area contributed by atoms with Crippen LogP contribution in [0.5, 0.6) is 5.75 Å². The van der Waals surface area contributed by atoms with Gasteiger partial charge in [-0.1, -0.05) is 54.5 Å². The number of hydrogen-bond acceptors (Lipinski definition) is 7. The van der Waals surface area contributed by atoms with E-state index < -0.39 is 0 Å². The number of amides is 1. The average molecular weight is 587 g/mol. The number of nitrogens with zero attached hydrogens (tertiary/aromatic N) is 4. The summed E-state index contributed by atoms with van der Waals surface area (Å²) in [5, 5.41) is 32.8. The summed E-state index contributed by atoms with van der Waals surface area (Å²) in [6.45, 7) is 11.0. The van der Waals surface area contributed by atoms with Gasteiger partial charge in [-0.3, -0.25) is 9.36 Å². The minimum atomic E-state index is -0.206. The van der Waals surface area contributed by atoms with Gasteiger partial charge < -0.3 is 10.4 Å². The van der Waals surface area contributed by atoms with Crippen LogP contribution < -0.4 is 5.32 Å². The van der Waals surface area contributed by atoms with Crippen LogP contribution in [0.2, 0.25) is 0 Å². The molecular formula is C26H28BrN5O2S2. The second-order valence-electron chi connectivity index (χ2n) is 9.83. The highest BCUT2D eigenvalue weighted by Crippen LogP contribution is 2.44. The third kappa shape index (κ3) is 5.53. The number of rotatable bonds is 7. The number of phenolic OH excluding ortho intramolecular Hbond substituents is 1. The van der Waals surface area contributed by atoms with E-state index in [1.807, 2.05) is 4.57 Å². The molecule has 0 bridgehead atoms. The molecule has 3 aromatic rings. The molecular weight excluding hydrogens is 558 g/mol. The normalized spacial score (nSPS) is 15.2. The van der Waals surface area contributed by atoms with E-state index in [-0.39, 0.29) is 22.8 Å². The first kappa shape index (κ1) is 26.5. The number of aromatic hydroxyl groups is 1. The van der Waals surface area contributed by atoms with Gasteiger partial charge in [0.1, 0.15) is 16.8 Å². The van der Waals surface area contributed by atoms with Crippen LogP contribution in [-0.2, 0) is 24.2 Å². The third-order valence-electron chi connectivity index (χ3n) is 6.42. The molecule has 1 aromatic carbocycles. The van der Waals surface area contributed by atoms with Gasteiger partial charge in [0.15, 0.2) is 11.0 Å². The van der Waals surface area contributed by atoms with Crippen molar-refractivity contribution in [1.29, 1.82) is 5.26 Å². The SMILES string of the molecule is C=CCn1c(SCC(=O)Nc2sc3c(c2C#N)CC[C@H](C(C)(C)C)C3)nnc1-c1cc(Br)ccc1O. The van der Waals surface area contributed by atoms with Gasteiger partial charge in [0, 0.05) is 15.9 Å². The van der Waals surface area contributed by atoms with Gasteiger partial charge in [0.2, 0.25) is 5.91 Å². The van der Waals surface area contributed by atoms with Crippen molar-refractivity contribution < 1.29 is 9.90 Å². The van der Waals surface area contributed by atoms with E-state index in [0.29, 0.717) is 39.6 Å². The lowest BCUT2D eigenvalue weighted by Crippen LogP contribution is -2.26. The Morgan fingerprint density at radius 2 is 2.22 bits per heavy atom. The van der Waals surface area contributed by atoms with Gasteiger partial charge in [-0.25, -0.2) is 0 Å². The van der Waals surface area contributed by atoms with Crippen LogP contribution in [-0.4, -0.2) is 31.5 Å². The van der Waals surface area contributed by atoms with E-state index in [9.17, 15) is 15.2 Å². The smallest absolute Gasteiger partial charge is 0.235 e. The predicted molar refractivity (Wildman–Crippen MR) is 148 cm³/mol. The highest BCUT2D eigenvalue weighted by atomic mass is 79.9. The number of thiophene rings is 1. The molecule has 1 amide bonds. The molecule has 0 aliphatic heterocycles. The van der Waals surface area contributed by atoms with Crippen LogP contribution in [0.1, 0.15) is 43.2 Å². The van der Waals surface area contributed by atoms with Crippen LogP contribution in [0.4, 0.5) is 5.00 Å². The summed E-state index contributed by atoms with van der Waals surface area (Å²) in [6, 6.07) is 7.42. The average Bonchev–Trinajstić information content (AvgIpc) is 3.38. The summed E-state index contributed by atoms with van der Waals surface area (Å²) in [5.74, 6) is 1.04. The van der Waals surface area contributed by atoms with E-state index in [4.69, 9.17) is 0 Å². The quantitative estimate of drug-likeness (QED) is 0.245. The second kappa shape index (κ2) is 10.8. The van der Waals surface area contributed by atoms with Crippen molar-refractivity contribution in [3.05, 3.63) is 51.3 Å². The number of fused-ring (bicyclic) bond motifs is 1. The first-order chi connectivity index (χ1) is 17.1. The summed E-state index contributed by atoms with van der Waals surface area (Å²) in [5.41, 5.74) is 2.44. The molecule has 188 valence electrons. The fraction of sp³-hybridized carbons (Fsp3) is 0.385. The Bertz CT molecular complexity index is 1350. The van der Waals surface area contributed by atoms with Gasteiger partial charge in [-0.2, -0.15) is 5.26 Å². The molecule has 7 nitrogen and oxygen atoms in total. The maximum atomic E-state index is 12.9. The van der Waals surface area contributed by atoms with Gasteiger partial charge in [0.05, 0.1) is 16.9 Å². The van der Waals surface area contributed by atoms with E-state index in [1.165, 1.54) is 28.0 Å². The van der Waals surface area contributed by atoms with E-state index in [1.54, 1.807) is 24.3 Å². The standard InChI is InChI=1S/C26H28BrN5O2S2/c1-5-10-32-23(18-12-16(27)7-9-20(18)33)30-31-25(32)35-14-22(34)29-24-19(13-28)17-8-6-15(26(2,3)4)11-21(17)36-24/h5,7,9,12,15,33H,1,6,8,10-11,14H2,2-4H3,(H,29,34)/t15-/m0/s1. The number of aromatic nitrogens is 3. The summed E-state index contributed by atoms with van der Waals surface area (Å²) in [6.07, 6.45) is 4.59. The number of carbonyl (C=O) groups is 1. The zero-order valence-corrected chi connectivity index (χ0v) is 23.7. The molecule has 36 heavy (non-hydrogen) atoms. The maximum absolute atomic E-state index is 12.9. The van der Waals surface area contributed by atoms with Crippen molar-refractivity contribution in [3.8, 4) is 23.2 Å². The van der Waals surface area contributed by atoms with E-state index in [0.717, 1.165) is 29.3 Å². The van der Waals surface area contributed by atoms with Gasteiger partial charge in [-0.05, 0) is 54.4 Å².